The molecule has 264 valence electrons. The molecule has 0 aliphatic heterocycles. The zero-order valence-electron chi connectivity index (χ0n) is 30.9. The number of benzene rings is 10. The van der Waals surface area contributed by atoms with E-state index < -0.39 is 5.41 Å². The lowest BCUT2D eigenvalue weighted by molar-refractivity contribution is 0.802. The molecule has 0 fully saturated rings. The molecule has 2 aliphatic carbocycles. The average molecular weight is 740 g/mol. The van der Waals surface area contributed by atoms with Crippen LogP contribution < -0.4 is 4.90 Å². The Hall–Kier alpha value is -7.00. The van der Waals surface area contributed by atoms with Crippen molar-refractivity contribution in [2.45, 2.75) is 5.41 Å². The third-order valence-corrected chi connectivity index (χ3v) is 14.0. The van der Waals surface area contributed by atoms with E-state index in [0.717, 1.165) is 5.69 Å². The topological polar surface area (TPSA) is 3.24 Å². The fourth-order valence-corrected chi connectivity index (χ4v) is 11.9. The third-order valence-electron chi connectivity index (χ3n) is 12.8. The predicted octanol–water partition coefficient (Wildman–Crippen LogP) is 15.3. The van der Waals surface area contributed by atoms with Crippen LogP contribution in [0.25, 0.3) is 74.7 Å². The van der Waals surface area contributed by atoms with Crippen molar-refractivity contribution in [1.29, 1.82) is 0 Å². The van der Waals surface area contributed by atoms with Gasteiger partial charge in [-0.15, -0.1) is 11.3 Å². The van der Waals surface area contributed by atoms with Gasteiger partial charge in [0.1, 0.15) is 0 Å². The normalized spacial score (nSPS) is 13.4. The molecule has 0 saturated heterocycles. The van der Waals surface area contributed by atoms with Gasteiger partial charge in [0.2, 0.25) is 0 Å². The van der Waals surface area contributed by atoms with E-state index in [9.17, 15) is 0 Å². The van der Waals surface area contributed by atoms with Crippen molar-refractivity contribution in [3.63, 3.8) is 0 Å². The number of para-hydroxylation sites is 1. The number of thiophene rings is 1. The summed E-state index contributed by atoms with van der Waals surface area (Å²) in [5, 5.41) is 10.3. The SMILES string of the molecule is c1ccc(N(c2cc3c(c4ccccc24)-c2c(c4ccccc4c4ccccc24)C32c3ccccc3-c3ccccc32)c2cccc3c2sc2ccccc23)cc1. The Bertz CT molecular complexity index is 3440. The summed E-state index contributed by atoms with van der Waals surface area (Å²) < 4.78 is 2.60. The van der Waals surface area contributed by atoms with E-state index in [1.54, 1.807) is 0 Å². The van der Waals surface area contributed by atoms with E-state index in [2.05, 4.69) is 205 Å². The first-order valence-corrected chi connectivity index (χ1v) is 20.6. The number of hydrogen-bond donors (Lipinski definition) is 0. The zero-order chi connectivity index (χ0) is 37.2. The molecule has 57 heavy (non-hydrogen) atoms. The minimum Gasteiger partial charge on any atom is -0.308 e. The van der Waals surface area contributed by atoms with Crippen LogP contribution >= 0.6 is 11.3 Å². The van der Waals surface area contributed by atoms with E-state index in [0.29, 0.717) is 0 Å². The molecular weight excluding hydrogens is 707 g/mol. The van der Waals surface area contributed by atoms with E-state index in [1.165, 1.54) is 108 Å². The molecule has 1 heterocycles. The lowest BCUT2D eigenvalue weighted by Gasteiger charge is -2.33. The fraction of sp³-hybridized carbons (Fsp3) is 0.0182. The van der Waals surface area contributed by atoms with Crippen LogP contribution in [0, 0.1) is 0 Å². The van der Waals surface area contributed by atoms with Gasteiger partial charge in [-0.2, -0.15) is 0 Å². The highest BCUT2D eigenvalue weighted by Gasteiger charge is 2.53. The zero-order valence-corrected chi connectivity index (χ0v) is 31.7. The summed E-state index contributed by atoms with van der Waals surface area (Å²) in [5.41, 5.74) is 13.7. The summed E-state index contributed by atoms with van der Waals surface area (Å²) in [6.07, 6.45) is 0. The summed E-state index contributed by atoms with van der Waals surface area (Å²) in [5.74, 6) is 0. The molecule has 0 saturated carbocycles. The highest BCUT2D eigenvalue weighted by atomic mass is 32.1. The van der Waals surface area contributed by atoms with Crippen LogP contribution in [0.1, 0.15) is 22.3 Å². The lowest BCUT2D eigenvalue weighted by Crippen LogP contribution is -2.26. The highest BCUT2D eigenvalue weighted by molar-refractivity contribution is 7.26. The molecule has 0 atom stereocenters. The van der Waals surface area contributed by atoms with E-state index in [1.807, 2.05) is 11.3 Å². The molecule has 0 bridgehead atoms. The fourth-order valence-electron chi connectivity index (χ4n) is 10.7. The number of rotatable bonds is 3. The van der Waals surface area contributed by atoms with Crippen molar-refractivity contribution < 1.29 is 0 Å². The van der Waals surface area contributed by atoms with Gasteiger partial charge in [0.05, 0.1) is 21.5 Å². The van der Waals surface area contributed by atoms with Crippen LogP contribution in [-0.2, 0) is 5.41 Å². The molecule has 1 nitrogen and oxygen atoms in total. The average Bonchev–Trinajstić information content (AvgIpc) is 3.92. The molecule has 2 heteroatoms. The van der Waals surface area contributed by atoms with Crippen molar-refractivity contribution in [3.05, 3.63) is 222 Å². The van der Waals surface area contributed by atoms with Gasteiger partial charge in [-0.3, -0.25) is 0 Å². The Morgan fingerprint density at radius 3 is 1.60 bits per heavy atom. The number of hydrogen-bond acceptors (Lipinski definition) is 2. The second kappa shape index (κ2) is 11.5. The van der Waals surface area contributed by atoms with Gasteiger partial charge in [-0.05, 0) is 102 Å². The lowest BCUT2D eigenvalue weighted by atomic mass is 9.69. The number of nitrogens with zero attached hydrogens (tertiary/aromatic N) is 1. The molecule has 0 amide bonds. The quantitative estimate of drug-likeness (QED) is 0.163. The smallest absolute Gasteiger partial charge is 0.0732 e. The van der Waals surface area contributed by atoms with Crippen molar-refractivity contribution >= 4 is 80.9 Å². The van der Waals surface area contributed by atoms with Crippen LogP contribution in [0.2, 0.25) is 0 Å². The van der Waals surface area contributed by atoms with Gasteiger partial charge in [-0.1, -0.05) is 170 Å². The van der Waals surface area contributed by atoms with E-state index >= 15 is 0 Å². The monoisotopic (exact) mass is 739 g/mol. The van der Waals surface area contributed by atoms with E-state index in [-0.39, 0.29) is 0 Å². The molecule has 11 aromatic rings. The Morgan fingerprint density at radius 1 is 0.351 bits per heavy atom. The van der Waals surface area contributed by atoms with Gasteiger partial charge < -0.3 is 4.90 Å². The minimum absolute atomic E-state index is 0.549. The first kappa shape index (κ1) is 31.2. The third kappa shape index (κ3) is 3.98. The molecule has 0 radical (unpaired) electrons. The number of fused-ring (bicyclic) bond motifs is 20. The van der Waals surface area contributed by atoms with Crippen molar-refractivity contribution in [2.75, 3.05) is 4.90 Å². The summed E-state index contributed by atoms with van der Waals surface area (Å²) in [6.45, 7) is 0. The molecule has 2 aliphatic rings. The molecule has 1 aromatic heterocycles. The molecule has 0 unspecified atom stereocenters. The first-order valence-electron chi connectivity index (χ1n) is 19.8. The van der Waals surface area contributed by atoms with Crippen molar-refractivity contribution in [2.24, 2.45) is 0 Å². The highest BCUT2D eigenvalue weighted by Crippen LogP contribution is 2.67. The largest absolute Gasteiger partial charge is 0.308 e. The second-order valence-corrected chi connectivity index (χ2v) is 16.5. The molecular formula is C55H33NS. The maximum absolute atomic E-state index is 2.58. The van der Waals surface area contributed by atoms with Crippen LogP contribution in [0.4, 0.5) is 17.1 Å². The van der Waals surface area contributed by atoms with Gasteiger partial charge in [-0.25, -0.2) is 0 Å². The van der Waals surface area contributed by atoms with Gasteiger partial charge >= 0.3 is 0 Å². The minimum atomic E-state index is -0.549. The molecule has 10 aromatic carbocycles. The Labute approximate surface area is 334 Å². The molecule has 0 N–H and O–H groups in total. The maximum atomic E-state index is 2.58. The van der Waals surface area contributed by atoms with Crippen LogP contribution in [0.3, 0.4) is 0 Å². The van der Waals surface area contributed by atoms with E-state index in [4.69, 9.17) is 0 Å². The van der Waals surface area contributed by atoms with Crippen molar-refractivity contribution in [1.82, 2.24) is 0 Å². The summed E-state index contributed by atoms with van der Waals surface area (Å²) >= 11 is 1.89. The summed E-state index contributed by atoms with van der Waals surface area (Å²) in [7, 11) is 0. The summed E-state index contributed by atoms with van der Waals surface area (Å²) in [4.78, 5) is 2.54. The van der Waals surface area contributed by atoms with Crippen LogP contribution in [0.15, 0.2) is 200 Å². The first-order chi connectivity index (χ1) is 28.3. The standard InChI is InChI=1S/C55H33NS/c1-2-17-34(18-3-1)56(48-31-16-28-44-40-24-12-15-32-50(40)57-54(44)48)49-33-47-51(42-26-8-6-23-39(42)49)52-41-25-7-4-19-35(41)36-20-5-9-27-43(36)53(52)55(47)45-29-13-10-21-37(45)38-22-11-14-30-46(38)55/h1-33H. The Balaban J connectivity index is 1.25. The Morgan fingerprint density at radius 2 is 0.877 bits per heavy atom. The van der Waals surface area contributed by atoms with Gasteiger partial charge in [0, 0.05) is 26.5 Å². The van der Waals surface area contributed by atoms with Crippen LogP contribution in [-0.4, -0.2) is 0 Å². The summed E-state index contributed by atoms with van der Waals surface area (Å²) in [6, 6.07) is 75.0. The predicted molar refractivity (Wildman–Crippen MR) is 243 cm³/mol. The molecule has 1 spiro atoms. The maximum Gasteiger partial charge on any atom is 0.0732 e. The number of anilines is 3. The second-order valence-electron chi connectivity index (χ2n) is 15.5. The van der Waals surface area contributed by atoms with Crippen LogP contribution in [0.5, 0.6) is 0 Å². The van der Waals surface area contributed by atoms with Gasteiger partial charge in [0.25, 0.3) is 0 Å². The Kier molecular flexibility index (Phi) is 6.31. The van der Waals surface area contributed by atoms with Crippen molar-refractivity contribution in [3.8, 4) is 22.3 Å². The van der Waals surface area contributed by atoms with Gasteiger partial charge in [0.15, 0.2) is 0 Å². The molecule has 13 rings (SSSR count).